The van der Waals surface area contributed by atoms with Gasteiger partial charge in [-0.25, -0.2) is 38.3 Å². The summed E-state index contributed by atoms with van der Waals surface area (Å²) in [5.74, 6) is -2.21. The summed E-state index contributed by atoms with van der Waals surface area (Å²) in [5, 5.41) is 16.8. The Labute approximate surface area is 279 Å². The lowest BCUT2D eigenvalue weighted by molar-refractivity contribution is 0.0521. The predicted molar refractivity (Wildman–Crippen MR) is 175 cm³/mol. The number of carboxylic acids is 1. The molecule has 2 atom stereocenters. The largest absolute Gasteiger partial charge is 0.476 e. The van der Waals surface area contributed by atoms with Gasteiger partial charge in [0.25, 0.3) is 0 Å². The minimum absolute atomic E-state index is 0.104. The van der Waals surface area contributed by atoms with Crippen LogP contribution in [0, 0.1) is 25.5 Å². The molecule has 248 valence electrons. The number of carboxylic acid groups (broad SMARTS) is 1. The number of aromatic nitrogens is 8. The van der Waals surface area contributed by atoms with E-state index in [9.17, 15) is 23.5 Å². The molecule has 3 N–H and O–H groups in total. The number of hydrogen-bond acceptors (Lipinski definition) is 15. The Kier molecular flexibility index (Phi) is 10.3. The fourth-order valence-electron chi connectivity index (χ4n) is 4.35. The van der Waals surface area contributed by atoms with E-state index in [2.05, 4.69) is 50.5 Å². The van der Waals surface area contributed by atoms with Crippen molar-refractivity contribution in [2.45, 2.75) is 46.7 Å². The number of carbonyl (C=O) groups is 2. The van der Waals surface area contributed by atoms with Gasteiger partial charge in [0.05, 0.1) is 41.1 Å². The minimum atomic E-state index is -1.15. The molecule has 0 aliphatic heterocycles. The summed E-state index contributed by atoms with van der Waals surface area (Å²) in [6.07, 6.45) is 5.32. The van der Waals surface area contributed by atoms with Gasteiger partial charge in [0.1, 0.15) is 21.0 Å². The molecule has 0 saturated heterocycles. The Morgan fingerprint density at radius 1 is 0.771 bits per heavy atom. The van der Waals surface area contributed by atoms with Crippen LogP contribution in [0.15, 0.2) is 36.9 Å². The number of nitrogens with one attached hydrogen (secondary N) is 2. The number of anilines is 2. The van der Waals surface area contributed by atoms with Gasteiger partial charge in [-0.2, -0.15) is 9.97 Å². The zero-order chi connectivity index (χ0) is 34.5. The average Bonchev–Trinajstić information content (AvgIpc) is 3.61. The highest BCUT2D eigenvalue weighted by Gasteiger charge is 2.21. The van der Waals surface area contributed by atoms with Gasteiger partial charge < -0.3 is 20.5 Å². The normalized spacial score (nSPS) is 12.2. The first-order valence-corrected chi connectivity index (χ1v) is 16.0. The molecule has 6 aromatic heterocycles. The molecule has 0 radical (unpaired) electrons. The number of fused-ring (bicyclic) bond motifs is 2. The lowest BCUT2D eigenvalue weighted by Gasteiger charge is -2.14. The van der Waals surface area contributed by atoms with E-state index in [1.54, 1.807) is 27.0 Å². The number of esters is 1. The first kappa shape index (κ1) is 34.0. The third-order valence-electron chi connectivity index (χ3n) is 6.54. The SMILES string of the molecule is CCOC(=O)c1nc(N[C@@H](C)c2cncc(F)c2)nc2nc(C)sc12.Cc1nc2nc(N[C@@H](C)c3cncc(F)c3)nc(C(=O)O)c2s1. The van der Waals surface area contributed by atoms with E-state index in [-0.39, 0.29) is 42.0 Å². The molecule has 0 saturated carbocycles. The van der Waals surface area contributed by atoms with Crippen LogP contribution in [0.4, 0.5) is 20.7 Å². The molecule has 18 heteroatoms. The summed E-state index contributed by atoms with van der Waals surface area (Å²) in [6, 6.07) is 2.06. The molecule has 14 nitrogen and oxygen atoms in total. The quantitative estimate of drug-likeness (QED) is 0.148. The molecule has 0 fully saturated rings. The van der Waals surface area contributed by atoms with E-state index in [0.29, 0.717) is 36.8 Å². The Morgan fingerprint density at radius 3 is 1.67 bits per heavy atom. The van der Waals surface area contributed by atoms with E-state index in [1.807, 2.05) is 13.8 Å². The van der Waals surface area contributed by atoms with Crippen molar-refractivity contribution in [1.82, 2.24) is 39.9 Å². The Bertz CT molecular complexity index is 2130. The number of thiazole rings is 2. The van der Waals surface area contributed by atoms with Gasteiger partial charge in [0, 0.05) is 12.4 Å². The highest BCUT2D eigenvalue weighted by atomic mass is 32.1. The lowest BCUT2D eigenvalue weighted by Crippen LogP contribution is -2.14. The number of aryl methyl sites for hydroxylation is 2. The summed E-state index contributed by atoms with van der Waals surface area (Å²) in [6.45, 7) is 9.17. The van der Waals surface area contributed by atoms with Crippen molar-refractivity contribution in [3.8, 4) is 0 Å². The number of ether oxygens (including phenoxy) is 1. The van der Waals surface area contributed by atoms with Crippen LogP contribution in [0.2, 0.25) is 0 Å². The van der Waals surface area contributed by atoms with Crippen LogP contribution in [-0.2, 0) is 4.74 Å². The van der Waals surface area contributed by atoms with Crippen molar-refractivity contribution in [1.29, 1.82) is 0 Å². The molecular formula is C30H28F2N10O4S2. The van der Waals surface area contributed by atoms with Crippen molar-refractivity contribution in [2.24, 2.45) is 0 Å². The van der Waals surface area contributed by atoms with Crippen LogP contribution in [0.1, 0.15) is 75.0 Å². The van der Waals surface area contributed by atoms with Crippen LogP contribution < -0.4 is 10.6 Å². The molecule has 0 spiro atoms. The number of pyridine rings is 2. The standard InChI is InChI=1S/C16H16FN5O2S.C14H12FN5O2S/c1-4-24-15(23)12-13-14(20-9(3)25-13)22-16(21-12)19-8(2)10-5-11(17)7-18-6-10;1-6(8-3-9(15)5-16-4-8)17-14-19-10(13(21)22)11-12(20-14)18-7(2)23-11/h5-8H,4H2,1-3H3,(H,19,21,22);3-6H,1-2H3,(H,21,22)(H,17,19,20)/t8-;6-/m00/s1. The summed E-state index contributed by atoms with van der Waals surface area (Å²) in [4.78, 5) is 56.6. The maximum Gasteiger partial charge on any atom is 0.358 e. The number of carbonyl (C=O) groups excluding carboxylic acids is 1. The van der Waals surface area contributed by atoms with Crippen molar-refractivity contribution in [3.63, 3.8) is 0 Å². The Hall–Kier alpha value is -5.36. The summed E-state index contributed by atoms with van der Waals surface area (Å²) in [5.41, 5.74) is 2.05. The highest BCUT2D eigenvalue weighted by Crippen LogP contribution is 2.27. The molecular weight excluding hydrogens is 667 g/mol. The van der Waals surface area contributed by atoms with Crippen LogP contribution >= 0.6 is 22.7 Å². The molecule has 0 aromatic carbocycles. The third-order valence-corrected chi connectivity index (χ3v) is 8.47. The van der Waals surface area contributed by atoms with Gasteiger partial charge in [-0.1, -0.05) is 0 Å². The predicted octanol–water partition coefficient (Wildman–Crippen LogP) is 6.08. The van der Waals surface area contributed by atoms with E-state index in [0.717, 1.165) is 17.4 Å². The molecule has 6 heterocycles. The molecule has 6 aromatic rings. The topological polar surface area (TPSA) is 191 Å². The number of hydrogen-bond donors (Lipinski definition) is 3. The van der Waals surface area contributed by atoms with E-state index >= 15 is 0 Å². The zero-order valence-electron chi connectivity index (χ0n) is 26.1. The number of nitrogens with zero attached hydrogens (tertiary/aromatic N) is 8. The fraction of sp³-hybridized carbons (Fsp3) is 0.267. The van der Waals surface area contributed by atoms with Crippen molar-refractivity contribution in [2.75, 3.05) is 17.2 Å². The van der Waals surface area contributed by atoms with Crippen LogP contribution in [0.5, 0.6) is 0 Å². The summed E-state index contributed by atoms with van der Waals surface area (Å²) < 4.78 is 32.7. The molecule has 6 rings (SSSR count). The molecule has 0 bridgehead atoms. The maximum atomic E-state index is 13.3. The number of halogens is 2. The molecule has 0 aliphatic rings. The lowest BCUT2D eigenvalue weighted by atomic mass is 10.1. The van der Waals surface area contributed by atoms with Crippen molar-refractivity contribution >= 4 is 67.2 Å². The highest BCUT2D eigenvalue weighted by molar-refractivity contribution is 7.19. The number of aromatic carboxylic acids is 1. The monoisotopic (exact) mass is 694 g/mol. The molecule has 0 unspecified atom stereocenters. The second kappa shape index (κ2) is 14.6. The number of rotatable bonds is 9. The van der Waals surface area contributed by atoms with Gasteiger partial charge in [-0.15, -0.1) is 22.7 Å². The van der Waals surface area contributed by atoms with Gasteiger partial charge >= 0.3 is 11.9 Å². The minimum Gasteiger partial charge on any atom is -0.476 e. The van der Waals surface area contributed by atoms with Gasteiger partial charge in [0.15, 0.2) is 22.7 Å². The summed E-state index contributed by atoms with van der Waals surface area (Å²) >= 11 is 2.56. The summed E-state index contributed by atoms with van der Waals surface area (Å²) in [7, 11) is 0. The first-order valence-electron chi connectivity index (χ1n) is 14.4. The second-order valence-corrected chi connectivity index (χ2v) is 12.6. The van der Waals surface area contributed by atoms with Gasteiger partial charge in [0.2, 0.25) is 11.9 Å². The van der Waals surface area contributed by atoms with Gasteiger partial charge in [-0.05, 0) is 57.9 Å². The van der Waals surface area contributed by atoms with Crippen LogP contribution in [-0.4, -0.2) is 63.5 Å². The zero-order valence-corrected chi connectivity index (χ0v) is 27.8. The van der Waals surface area contributed by atoms with Crippen molar-refractivity contribution in [3.05, 3.63) is 81.1 Å². The van der Waals surface area contributed by atoms with E-state index in [4.69, 9.17) is 4.74 Å². The van der Waals surface area contributed by atoms with Crippen LogP contribution in [0.3, 0.4) is 0 Å². The molecule has 48 heavy (non-hydrogen) atoms. The van der Waals surface area contributed by atoms with Crippen LogP contribution in [0.25, 0.3) is 20.7 Å². The first-order chi connectivity index (χ1) is 22.9. The van der Waals surface area contributed by atoms with E-state index in [1.165, 1.54) is 41.0 Å². The van der Waals surface area contributed by atoms with E-state index < -0.39 is 23.6 Å². The Balaban J connectivity index is 0.000000188. The maximum absolute atomic E-state index is 13.3. The molecule has 0 aliphatic carbocycles. The van der Waals surface area contributed by atoms with Crippen molar-refractivity contribution < 1.29 is 28.2 Å². The molecule has 0 amide bonds. The third kappa shape index (κ3) is 7.95. The smallest absolute Gasteiger partial charge is 0.358 e. The average molecular weight is 695 g/mol. The fourth-order valence-corrected chi connectivity index (χ4v) is 6.03. The van der Waals surface area contributed by atoms with Gasteiger partial charge in [-0.3, -0.25) is 9.97 Å². The Morgan fingerprint density at radius 2 is 1.23 bits per heavy atom. The second-order valence-electron chi connectivity index (χ2n) is 10.2.